The van der Waals surface area contributed by atoms with Crippen molar-refractivity contribution < 1.29 is 22.8 Å². The number of hydrogen-bond donors (Lipinski definition) is 1. The molecule has 1 N–H and O–H groups in total. The van der Waals surface area contributed by atoms with Gasteiger partial charge < -0.3 is 18.8 Å². The third-order valence-electron chi connectivity index (χ3n) is 9.17. The zero-order valence-corrected chi connectivity index (χ0v) is 23.1. The highest BCUT2D eigenvalue weighted by Crippen LogP contribution is 2.40. The molecule has 0 bridgehead atoms. The molecule has 3 atom stereocenters. The Morgan fingerprint density at radius 1 is 1.02 bits per heavy atom. The van der Waals surface area contributed by atoms with E-state index in [0.717, 1.165) is 53.5 Å². The van der Waals surface area contributed by atoms with E-state index in [1.165, 1.54) is 4.31 Å². The fourth-order valence-corrected chi connectivity index (χ4v) is 7.15. The standard InChI is InChI=1S/C30H34N4O5S/c35-28(23-5-6-23)32-13-9-20(18-32)19-34-27(31-30(29(34)36)11-14-33(15-12-30)40(37)38)22-3-1-21(2-4-22)24-7-8-26-25(17-24)10-16-39-26/h1-4,7-8,10,16-17,20,23,27,31H,5-6,9,11-15,18-19H2,(H,37,38)/p-1/t20-,27?/m1/s1. The van der Waals surface area contributed by atoms with Crippen molar-refractivity contribution in [3.05, 3.63) is 60.4 Å². The smallest absolute Gasteiger partial charge is 0.244 e. The molecule has 3 aromatic rings. The molecule has 1 spiro atoms. The van der Waals surface area contributed by atoms with E-state index in [0.29, 0.717) is 39.0 Å². The SMILES string of the molecule is O=C(C1CC1)N1CC[C@@H](CN2C(=O)C3(CCN(S(=O)[O-])CC3)NC2c2ccc(-c3ccc4occc4c3)cc2)C1. The van der Waals surface area contributed by atoms with Gasteiger partial charge >= 0.3 is 0 Å². The first-order valence-electron chi connectivity index (χ1n) is 14.2. The van der Waals surface area contributed by atoms with Gasteiger partial charge in [-0.1, -0.05) is 30.3 Å². The summed E-state index contributed by atoms with van der Waals surface area (Å²) >= 11 is -2.28. The van der Waals surface area contributed by atoms with Crippen molar-refractivity contribution in [2.24, 2.45) is 11.8 Å². The molecule has 210 valence electrons. The van der Waals surface area contributed by atoms with Gasteiger partial charge in [0.1, 0.15) is 17.3 Å². The minimum Gasteiger partial charge on any atom is -0.760 e. The Balaban J connectivity index is 1.14. The molecule has 4 heterocycles. The Morgan fingerprint density at radius 3 is 2.50 bits per heavy atom. The van der Waals surface area contributed by atoms with Crippen molar-refractivity contribution in [1.29, 1.82) is 0 Å². The van der Waals surface area contributed by atoms with Crippen molar-refractivity contribution in [2.45, 2.75) is 43.8 Å². The van der Waals surface area contributed by atoms with Crippen LogP contribution in [-0.4, -0.2) is 72.9 Å². The van der Waals surface area contributed by atoms with E-state index in [1.807, 2.05) is 28.0 Å². The zero-order chi connectivity index (χ0) is 27.4. The lowest BCUT2D eigenvalue weighted by Gasteiger charge is -2.38. The summed E-state index contributed by atoms with van der Waals surface area (Å²) in [5.41, 5.74) is 3.23. The summed E-state index contributed by atoms with van der Waals surface area (Å²) in [6, 6.07) is 16.4. The molecule has 9 nitrogen and oxygen atoms in total. The summed E-state index contributed by atoms with van der Waals surface area (Å²) in [6.45, 7) is 2.65. The molecule has 3 aliphatic heterocycles. The van der Waals surface area contributed by atoms with Crippen LogP contribution in [0.15, 0.2) is 59.2 Å². The van der Waals surface area contributed by atoms with Crippen LogP contribution in [0.2, 0.25) is 0 Å². The number of nitrogens with one attached hydrogen (secondary N) is 1. The maximum absolute atomic E-state index is 14.1. The number of carbonyl (C=O) groups excluding carboxylic acids is 2. The number of benzene rings is 2. The van der Waals surface area contributed by atoms with Crippen molar-refractivity contribution in [2.75, 3.05) is 32.7 Å². The summed E-state index contributed by atoms with van der Waals surface area (Å²) in [7, 11) is 0. The van der Waals surface area contributed by atoms with Gasteiger partial charge in [-0.05, 0) is 72.9 Å². The molecular weight excluding hydrogens is 528 g/mol. The van der Waals surface area contributed by atoms with Crippen LogP contribution in [0.25, 0.3) is 22.1 Å². The molecule has 1 saturated carbocycles. The van der Waals surface area contributed by atoms with Crippen molar-refractivity contribution in [1.82, 2.24) is 19.4 Å². The Bertz CT molecular complexity index is 1460. The highest BCUT2D eigenvalue weighted by molar-refractivity contribution is 7.76. The number of likely N-dealkylation sites (tertiary alicyclic amines) is 1. The van der Waals surface area contributed by atoms with E-state index >= 15 is 0 Å². The molecule has 4 aliphatic rings. The van der Waals surface area contributed by atoms with E-state index in [2.05, 4.69) is 35.6 Å². The van der Waals surface area contributed by atoms with Gasteiger partial charge in [-0.2, -0.15) is 0 Å². The average Bonchev–Trinajstić information content (AvgIpc) is 3.43. The second kappa shape index (κ2) is 10.1. The molecule has 3 saturated heterocycles. The Morgan fingerprint density at radius 2 is 1.77 bits per heavy atom. The van der Waals surface area contributed by atoms with Crippen molar-refractivity contribution >= 4 is 34.1 Å². The van der Waals surface area contributed by atoms with Gasteiger partial charge in [0, 0.05) is 55.3 Å². The molecule has 2 unspecified atom stereocenters. The first kappa shape index (κ1) is 25.9. The molecule has 1 aromatic heterocycles. The number of fused-ring (bicyclic) bond motifs is 1. The predicted molar refractivity (Wildman–Crippen MR) is 149 cm³/mol. The van der Waals surface area contributed by atoms with Gasteiger partial charge in [0.05, 0.1) is 6.26 Å². The average molecular weight is 562 g/mol. The quantitative estimate of drug-likeness (QED) is 0.462. The molecule has 2 aromatic carbocycles. The molecule has 1 aliphatic carbocycles. The van der Waals surface area contributed by atoms with Crippen LogP contribution in [0.5, 0.6) is 0 Å². The van der Waals surface area contributed by atoms with Gasteiger partial charge in [-0.25, -0.2) is 4.31 Å². The Kier molecular flexibility index (Phi) is 6.53. The number of furan rings is 1. The third kappa shape index (κ3) is 4.66. The normalized spacial score (nSPS) is 25.8. The maximum Gasteiger partial charge on any atom is 0.244 e. The number of amides is 2. The second-order valence-corrected chi connectivity index (χ2v) is 12.7. The van der Waals surface area contributed by atoms with Crippen molar-refractivity contribution in [3.8, 4) is 11.1 Å². The van der Waals surface area contributed by atoms with Crippen LogP contribution in [0.3, 0.4) is 0 Å². The third-order valence-corrected chi connectivity index (χ3v) is 9.96. The number of nitrogens with zero attached hydrogens (tertiary/aromatic N) is 3. The summed E-state index contributed by atoms with van der Waals surface area (Å²) < 4.78 is 29.9. The van der Waals surface area contributed by atoms with E-state index in [4.69, 9.17) is 4.42 Å². The molecule has 2 amide bonds. The molecule has 0 radical (unpaired) electrons. The monoisotopic (exact) mass is 561 g/mol. The Labute approximate surface area is 235 Å². The van der Waals surface area contributed by atoms with Crippen LogP contribution in [0.1, 0.15) is 43.8 Å². The largest absolute Gasteiger partial charge is 0.760 e. The van der Waals surface area contributed by atoms with Crippen LogP contribution in [0.4, 0.5) is 0 Å². The van der Waals surface area contributed by atoms with Gasteiger partial charge in [0.25, 0.3) is 0 Å². The fraction of sp³-hybridized carbons (Fsp3) is 0.467. The van der Waals surface area contributed by atoms with Crippen LogP contribution in [0, 0.1) is 11.8 Å². The molecule has 10 heteroatoms. The first-order valence-corrected chi connectivity index (χ1v) is 15.2. The van der Waals surface area contributed by atoms with Gasteiger partial charge in [0.15, 0.2) is 0 Å². The minimum atomic E-state index is -2.28. The highest BCUT2D eigenvalue weighted by atomic mass is 32.2. The number of carbonyl (C=O) groups is 2. The number of rotatable bonds is 6. The summed E-state index contributed by atoms with van der Waals surface area (Å²) in [5.74, 6) is 0.731. The maximum atomic E-state index is 14.1. The van der Waals surface area contributed by atoms with Gasteiger partial charge in [-0.15, -0.1) is 0 Å². The van der Waals surface area contributed by atoms with E-state index in [-0.39, 0.29) is 29.8 Å². The summed E-state index contributed by atoms with van der Waals surface area (Å²) in [6.07, 6.45) is 5.14. The van der Waals surface area contributed by atoms with Crippen LogP contribution in [-0.2, 0) is 20.9 Å². The van der Waals surface area contributed by atoms with Crippen LogP contribution >= 0.6 is 0 Å². The lowest BCUT2D eigenvalue weighted by Crippen LogP contribution is -2.55. The second-order valence-electron chi connectivity index (χ2n) is 11.7. The minimum absolute atomic E-state index is 0.0373. The van der Waals surface area contributed by atoms with E-state index in [1.54, 1.807) is 6.26 Å². The lowest BCUT2D eigenvalue weighted by molar-refractivity contribution is -0.135. The summed E-state index contributed by atoms with van der Waals surface area (Å²) in [5, 5.41) is 4.70. The van der Waals surface area contributed by atoms with Crippen molar-refractivity contribution in [3.63, 3.8) is 0 Å². The molecule has 7 rings (SSSR count). The zero-order valence-electron chi connectivity index (χ0n) is 22.3. The fourth-order valence-electron chi connectivity index (χ4n) is 6.67. The first-order chi connectivity index (χ1) is 19.4. The molecule has 4 fully saturated rings. The van der Waals surface area contributed by atoms with E-state index in [9.17, 15) is 18.4 Å². The Hall–Kier alpha value is -3.05. The molecular formula is C30H33N4O5S-. The molecule has 40 heavy (non-hydrogen) atoms. The lowest BCUT2D eigenvalue weighted by atomic mass is 9.88. The summed E-state index contributed by atoms with van der Waals surface area (Å²) in [4.78, 5) is 30.6. The van der Waals surface area contributed by atoms with Gasteiger partial charge in [-0.3, -0.25) is 19.1 Å². The number of piperidine rings is 1. The van der Waals surface area contributed by atoms with Gasteiger partial charge in [0.2, 0.25) is 11.8 Å². The number of hydrogen-bond acceptors (Lipinski definition) is 6. The topological polar surface area (TPSA) is 109 Å². The van der Waals surface area contributed by atoms with E-state index < -0.39 is 16.8 Å². The predicted octanol–water partition coefficient (Wildman–Crippen LogP) is 3.42. The van der Waals surface area contributed by atoms with Crippen LogP contribution < -0.4 is 5.32 Å². The highest BCUT2D eigenvalue weighted by Gasteiger charge is 2.53.